The summed E-state index contributed by atoms with van der Waals surface area (Å²) in [6.45, 7) is 3.95. The second kappa shape index (κ2) is 4.87. The lowest BCUT2D eigenvalue weighted by Gasteiger charge is -2.06. The third-order valence-electron chi connectivity index (χ3n) is 2.57. The number of hydrogen-bond acceptors (Lipinski definition) is 2. The SMILES string of the molecule is Cc1cc(C)cc(NC(=O)c2cc(C=O)c[nH]2)c1. The maximum Gasteiger partial charge on any atom is 0.272 e. The van der Waals surface area contributed by atoms with Crippen LogP contribution in [-0.2, 0) is 0 Å². The summed E-state index contributed by atoms with van der Waals surface area (Å²) in [6, 6.07) is 7.35. The van der Waals surface area contributed by atoms with Crippen molar-refractivity contribution < 1.29 is 9.59 Å². The van der Waals surface area contributed by atoms with Crippen molar-refractivity contribution in [2.24, 2.45) is 0 Å². The Morgan fingerprint density at radius 1 is 1.17 bits per heavy atom. The predicted octanol–water partition coefficient (Wildman–Crippen LogP) is 2.70. The van der Waals surface area contributed by atoms with Gasteiger partial charge in [0.15, 0.2) is 6.29 Å². The topological polar surface area (TPSA) is 62.0 Å². The van der Waals surface area contributed by atoms with Crippen molar-refractivity contribution in [3.63, 3.8) is 0 Å². The summed E-state index contributed by atoms with van der Waals surface area (Å²) in [5, 5.41) is 2.79. The molecule has 1 amide bonds. The molecule has 0 atom stereocenters. The van der Waals surface area contributed by atoms with Crippen molar-refractivity contribution in [3.8, 4) is 0 Å². The molecule has 0 saturated carbocycles. The summed E-state index contributed by atoms with van der Waals surface area (Å²) in [7, 11) is 0. The minimum Gasteiger partial charge on any atom is -0.356 e. The first-order valence-electron chi connectivity index (χ1n) is 5.62. The summed E-state index contributed by atoms with van der Waals surface area (Å²) in [4.78, 5) is 25.2. The van der Waals surface area contributed by atoms with E-state index in [1.165, 1.54) is 12.3 Å². The highest BCUT2D eigenvalue weighted by Crippen LogP contribution is 2.14. The van der Waals surface area contributed by atoms with Crippen LogP contribution >= 0.6 is 0 Å². The monoisotopic (exact) mass is 242 g/mol. The van der Waals surface area contributed by atoms with E-state index < -0.39 is 0 Å². The largest absolute Gasteiger partial charge is 0.356 e. The molecule has 1 aromatic heterocycles. The van der Waals surface area contributed by atoms with E-state index in [-0.39, 0.29) is 5.91 Å². The van der Waals surface area contributed by atoms with Crippen LogP contribution in [0.2, 0.25) is 0 Å². The lowest BCUT2D eigenvalue weighted by molar-refractivity contribution is 0.102. The summed E-state index contributed by atoms with van der Waals surface area (Å²) in [5.41, 5.74) is 3.76. The predicted molar refractivity (Wildman–Crippen MR) is 70.0 cm³/mol. The Morgan fingerprint density at radius 2 is 1.83 bits per heavy atom. The standard InChI is InChI=1S/C14H14N2O2/c1-9-3-10(2)5-12(4-9)16-14(18)13-6-11(8-17)7-15-13/h3-8,15H,1-2H3,(H,16,18). The number of aryl methyl sites for hydroxylation is 2. The zero-order valence-corrected chi connectivity index (χ0v) is 10.3. The summed E-state index contributed by atoms with van der Waals surface area (Å²) >= 11 is 0. The lowest BCUT2D eigenvalue weighted by atomic mass is 10.1. The van der Waals surface area contributed by atoms with Crippen molar-refractivity contribution in [2.75, 3.05) is 5.32 Å². The molecule has 2 N–H and O–H groups in total. The Kier molecular flexibility index (Phi) is 3.28. The Bertz CT molecular complexity index is 579. The van der Waals surface area contributed by atoms with Crippen molar-refractivity contribution in [1.29, 1.82) is 0 Å². The lowest BCUT2D eigenvalue weighted by Crippen LogP contribution is -2.12. The summed E-state index contributed by atoms with van der Waals surface area (Å²) in [5.74, 6) is -0.256. The fourth-order valence-electron chi connectivity index (χ4n) is 1.86. The number of aromatic amines is 1. The number of benzene rings is 1. The first-order valence-corrected chi connectivity index (χ1v) is 5.62. The normalized spacial score (nSPS) is 10.1. The van der Waals surface area contributed by atoms with Gasteiger partial charge in [-0.3, -0.25) is 9.59 Å². The molecule has 0 aliphatic carbocycles. The number of rotatable bonds is 3. The Morgan fingerprint density at radius 3 is 2.39 bits per heavy atom. The number of H-pyrrole nitrogens is 1. The summed E-state index contributed by atoms with van der Waals surface area (Å²) < 4.78 is 0. The van der Waals surface area contributed by atoms with Gasteiger partial charge in [-0.15, -0.1) is 0 Å². The first-order chi connectivity index (χ1) is 8.58. The molecule has 1 heterocycles. The highest BCUT2D eigenvalue weighted by atomic mass is 16.2. The van der Waals surface area contributed by atoms with Crippen LogP contribution in [0.15, 0.2) is 30.5 Å². The number of nitrogens with one attached hydrogen (secondary N) is 2. The van der Waals surface area contributed by atoms with Gasteiger partial charge < -0.3 is 10.3 Å². The van der Waals surface area contributed by atoms with E-state index >= 15 is 0 Å². The van der Waals surface area contributed by atoms with Crippen molar-refractivity contribution in [2.45, 2.75) is 13.8 Å². The van der Waals surface area contributed by atoms with Gasteiger partial charge in [-0.1, -0.05) is 6.07 Å². The van der Waals surface area contributed by atoms with Gasteiger partial charge in [-0.05, 0) is 43.2 Å². The smallest absolute Gasteiger partial charge is 0.272 e. The second-order valence-corrected chi connectivity index (χ2v) is 4.30. The van der Waals surface area contributed by atoms with Crippen LogP contribution in [0, 0.1) is 13.8 Å². The summed E-state index contributed by atoms with van der Waals surface area (Å²) in [6.07, 6.45) is 2.20. The van der Waals surface area contributed by atoms with Gasteiger partial charge in [0.05, 0.1) is 0 Å². The molecule has 4 heteroatoms. The molecule has 0 saturated heterocycles. The van der Waals surface area contributed by atoms with Crippen LogP contribution in [0.1, 0.15) is 32.0 Å². The van der Waals surface area contributed by atoms with E-state index in [2.05, 4.69) is 10.3 Å². The van der Waals surface area contributed by atoms with Crippen LogP contribution in [0.3, 0.4) is 0 Å². The van der Waals surface area contributed by atoms with E-state index in [4.69, 9.17) is 0 Å². The number of anilines is 1. The Balaban J connectivity index is 2.18. The number of amides is 1. The fraction of sp³-hybridized carbons (Fsp3) is 0.143. The third-order valence-corrected chi connectivity index (χ3v) is 2.57. The van der Waals surface area contributed by atoms with Crippen LogP contribution < -0.4 is 5.32 Å². The molecular weight excluding hydrogens is 228 g/mol. The average Bonchev–Trinajstić information content (AvgIpc) is 2.75. The molecule has 0 spiro atoms. The Labute approximate surface area is 105 Å². The molecule has 0 unspecified atom stereocenters. The molecule has 2 rings (SSSR count). The number of aromatic nitrogens is 1. The van der Waals surface area contributed by atoms with Gasteiger partial charge in [0.1, 0.15) is 5.69 Å². The minimum absolute atomic E-state index is 0.256. The van der Waals surface area contributed by atoms with E-state index in [9.17, 15) is 9.59 Å². The molecular formula is C14H14N2O2. The Hall–Kier alpha value is -2.36. The highest BCUT2D eigenvalue weighted by molar-refractivity contribution is 6.03. The van der Waals surface area contributed by atoms with Gasteiger partial charge in [-0.2, -0.15) is 0 Å². The first kappa shape index (κ1) is 12.1. The molecule has 92 valence electrons. The second-order valence-electron chi connectivity index (χ2n) is 4.30. The van der Waals surface area contributed by atoms with Gasteiger partial charge in [0.2, 0.25) is 0 Å². The molecule has 0 aliphatic heterocycles. The van der Waals surface area contributed by atoms with E-state index in [1.54, 1.807) is 0 Å². The zero-order chi connectivity index (χ0) is 13.1. The van der Waals surface area contributed by atoms with Crippen molar-refractivity contribution in [3.05, 3.63) is 52.8 Å². The van der Waals surface area contributed by atoms with Gasteiger partial charge in [-0.25, -0.2) is 0 Å². The minimum atomic E-state index is -0.256. The molecule has 0 bridgehead atoms. The van der Waals surface area contributed by atoms with Gasteiger partial charge >= 0.3 is 0 Å². The van der Waals surface area contributed by atoms with Gasteiger partial charge in [0, 0.05) is 17.4 Å². The van der Waals surface area contributed by atoms with Crippen LogP contribution in [0.4, 0.5) is 5.69 Å². The van der Waals surface area contributed by atoms with E-state index in [0.717, 1.165) is 16.8 Å². The number of hydrogen-bond donors (Lipinski definition) is 2. The molecule has 1 aromatic carbocycles. The maximum atomic E-state index is 11.9. The molecule has 4 nitrogen and oxygen atoms in total. The molecule has 0 aliphatic rings. The fourth-order valence-corrected chi connectivity index (χ4v) is 1.86. The van der Waals surface area contributed by atoms with Gasteiger partial charge in [0.25, 0.3) is 5.91 Å². The number of carbonyl (C=O) groups is 2. The van der Waals surface area contributed by atoms with E-state index in [1.807, 2.05) is 32.0 Å². The van der Waals surface area contributed by atoms with Crippen LogP contribution in [0.25, 0.3) is 0 Å². The number of aldehydes is 1. The van der Waals surface area contributed by atoms with Crippen molar-refractivity contribution in [1.82, 2.24) is 4.98 Å². The third kappa shape index (κ3) is 2.66. The highest BCUT2D eigenvalue weighted by Gasteiger charge is 2.09. The van der Waals surface area contributed by atoms with Crippen molar-refractivity contribution >= 4 is 17.9 Å². The van der Waals surface area contributed by atoms with Crippen LogP contribution in [0.5, 0.6) is 0 Å². The molecule has 0 fully saturated rings. The van der Waals surface area contributed by atoms with Crippen LogP contribution in [-0.4, -0.2) is 17.2 Å². The zero-order valence-electron chi connectivity index (χ0n) is 10.3. The average molecular weight is 242 g/mol. The van der Waals surface area contributed by atoms with E-state index in [0.29, 0.717) is 17.5 Å². The molecule has 18 heavy (non-hydrogen) atoms. The number of carbonyl (C=O) groups excluding carboxylic acids is 2. The molecule has 2 aromatic rings. The molecule has 0 radical (unpaired) electrons. The maximum absolute atomic E-state index is 11.9. The quantitative estimate of drug-likeness (QED) is 0.813.